The number of carboxylic acid groups (broad SMARTS) is 1. The molecular formula is C32H29FN4O4S. The van der Waals surface area contributed by atoms with E-state index in [-0.39, 0.29) is 24.3 Å². The van der Waals surface area contributed by atoms with E-state index in [0.29, 0.717) is 41.5 Å². The van der Waals surface area contributed by atoms with E-state index >= 15 is 0 Å². The lowest BCUT2D eigenvalue weighted by Gasteiger charge is -2.25. The first-order chi connectivity index (χ1) is 20.3. The number of amides is 2. The van der Waals surface area contributed by atoms with E-state index in [2.05, 4.69) is 4.98 Å². The number of benzene rings is 2. The molecule has 0 saturated heterocycles. The number of hydrogen-bond acceptors (Lipinski definition) is 6. The van der Waals surface area contributed by atoms with Crippen LogP contribution in [0.25, 0.3) is 22.4 Å². The van der Waals surface area contributed by atoms with Gasteiger partial charge in [-0.2, -0.15) is 0 Å². The quantitative estimate of drug-likeness (QED) is 0.269. The third-order valence-corrected chi connectivity index (χ3v) is 8.59. The zero-order valence-corrected chi connectivity index (χ0v) is 23.8. The van der Waals surface area contributed by atoms with Gasteiger partial charge in [-0.15, -0.1) is 11.3 Å². The number of carboxylic acids is 1. The number of nitrogens with zero attached hydrogens (tertiary/aromatic N) is 4. The molecule has 42 heavy (non-hydrogen) atoms. The number of aryl methyl sites for hydroxylation is 1. The normalized spacial score (nSPS) is 15.3. The van der Waals surface area contributed by atoms with E-state index in [1.54, 1.807) is 34.5 Å². The Kier molecular flexibility index (Phi) is 7.55. The predicted molar refractivity (Wildman–Crippen MR) is 159 cm³/mol. The highest BCUT2D eigenvalue weighted by molar-refractivity contribution is 7.14. The minimum absolute atomic E-state index is 0.0179. The molecule has 6 rings (SSSR count). The smallest absolute Gasteiger partial charge is 0.304 e. The van der Waals surface area contributed by atoms with E-state index in [4.69, 9.17) is 4.98 Å². The number of aromatic nitrogens is 2. The summed E-state index contributed by atoms with van der Waals surface area (Å²) in [7, 11) is 1.71. The van der Waals surface area contributed by atoms with Crippen molar-refractivity contribution in [1.82, 2.24) is 9.97 Å². The number of carbonyl (C=O) groups is 3. The second-order valence-electron chi connectivity index (χ2n) is 10.8. The van der Waals surface area contributed by atoms with Gasteiger partial charge < -0.3 is 5.11 Å². The molecule has 2 aromatic carbocycles. The van der Waals surface area contributed by atoms with Crippen molar-refractivity contribution < 1.29 is 23.9 Å². The summed E-state index contributed by atoms with van der Waals surface area (Å²) < 4.78 is 14.6. The van der Waals surface area contributed by atoms with Crippen molar-refractivity contribution in [2.75, 3.05) is 16.8 Å². The summed E-state index contributed by atoms with van der Waals surface area (Å²) in [6.07, 6.45) is 4.32. The third kappa shape index (κ3) is 5.67. The van der Waals surface area contributed by atoms with Crippen LogP contribution in [0.1, 0.15) is 36.8 Å². The second-order valence-corrected chi connectivity index (χ2v) is 11.6. The lowest BCUT2D eigenvalue weighted by Crippen LogP contribution is -2.39. The molecule has 10 heteroatoms. The monoisotopic (exact) mass is 584 g/mol. The number of anilines is 2. The van der Waals surface area contributed by atoms with Gasteiger partial charge in [-0.3, -0.25) is 24.2 Å². The summed E-state index contributed by atoms with van der Waals surface area (Å²) in [6.45, 7) is 0. The zero-order chi connectivity index (χ0) is 29.4. The Morgan fingerprint density at radius 2 is 1.90 bits per heavy atom. The number of fused-ring (bicyclic) bond motifs is 1. The number of carbonyl (C=O) groups excluding carboxylic acids is 2. The van der Waals surface area contributed by atoms with Crippen molar-refractivity contribution in [2.24, 2.45) is 5.92 Å². The first kappa shape index (κ1) is 27.7. The highest BCUT2D eigenvalue weighted by atomic mass is 32.1. The Labute approximate surface area is 246 Å². The zero-order valence-electron chi connectivity index (χ0n) is 23.0. The number of halogens is 1. The minimum atomic E-state index is -1.03. The molecule has 1 fully saturated rings. The molecule has 2 amide bonds. The van der Waals surface area contributed by atoms with E-state index in [0.717, 1.165) is 35.1 Å². The fraction of sp³-hybridized carbons (Fsp3) is 0.281. The van der Waals surface area contributed by atoms with E-state index in [1.165, 1.54) is 23.5 Å². The molecule has 0 radical (unpaired) electrons. The summed E-state index contributed by atoms with van der Waals surface area (Å²) in [4.78, 5) is 50.3. The molecule has 3 heterocycles. The lowest BCUT2D eigenvalue weighted by molar-refractivity contribution is -0.140. The molecule has 1 unspecified atom stereocenters. The van der Waals surface area contributed by atoms with Crippen LogP contribution in [-0.4, -0.2) is 45.9 Å². The lowest BCUT2D eigenvalue weighted by atomic mass is 9.94. The molecule has 1 atom stereocenters. The molecule has 8 nitrogen and oxygen atoms in total. The summed E-state index contributed by atoms with van der Waals surface area (Å²) in [5, 5.41) is 11.9. The molecular weight excluding hydrogens is 555 g/mol. The summed E-state index contributed by atoms with van der Waals surface area (Å²) in [5.41, 5.74) is 4.43. The van der Waals surface area contributed by atoms with Crippen LogP contribution in [0.2, 0.25) is 0 Å². The van der Waals surface area contributed by atoms with Gasteiger partial charge >= 0.3 is 5.97 Å². The van der Waals surface area contributed by atoms with E-state index in [9.17, 15) is 23.9 Å². The van der Waals surface area contributed by atoms with Crippen molar-refractivity contribution >= 4 is 40.1 Å². The summed E-state index contributed by atoms with van der Waals surface area (Å²) in [6, 6.07) is 15.9. The van der Waals surface area contributed by atoms with Gasteiger partial charge in [0.25, 0.3) is 0 Å². The van der Waals surface area contributed by atoms with Crippen molar-refractivity contribution in [3.8, 4) is 22.4 Å². The van der Waals surface area contributed by atoms with Gasteiger partial charge in [0, 0.05) is 42.2 Å². The Morgan fingerprint density at radius 1 is 1.12 bits per heavy atom. The second kappa shape index (κ2) is 11.4. The third-order valence-electron chi connectivity index (χ3n) is 7.75. The fourth-order valence-corrected chi connectivity index (χ4v) is 6.36. The largest absolute Gasteiger partial charge is 0.481 e. The molecule has 0 spiro atoms. The van der Waals surface area contributed by atoms with Crippen LogP contribution >= 0.6 is 11.3 Å². The van der Waals surface area contributed by atoms with Crippen molar-refractivity contribution in [3.63, 3.8) is 0 Å². The summed E-state index contributed by atoms with van der Waals surface area (Å²) in [5.74, 6) is -1.81. The molecule has 1 aliphatic heterocycles. The van der Waals surface area contributed by atoms with Crippen LogP contribution in [0.4, 0.5) is 15.3 Å². The standard InChI is InChI=1S/C32H29FN4O4S/c1-36-28(38)12-7-20-14-22(17-34-30(20)36)25-11-8-23(33)16-26(25)27-18-42-32(35-27)37(24-9-10-24)31(41)21(15-29(39)40)13-19-5-3-2-4-6-19/h2-6,8,11,14,16-18,21,24H,7,9-10,12-13,15H2,1H3,(H,39,40). The van der Waals surface area contributed by atoms with Crippen molar-refractivity contribution in [2.45, 2.75) is 44.6 Å². The van der Waals surface area contributed by atoms with Crippen LogP contribution < -0.4 is 9.80 Å². The van der Waals surface area contributed by atoms with Gasteiger partial charge in [-0.05, 0) is 60.6 Å². The fourth-order valence-electron chi connectivity index (χ4n) is 5.46. The maximum Gasteiger partial charge on any atom is 0.304 e. The van der Waals surface area contributed by atoms with Gasteiger partial charge in [0.05, 0.1) is 18.0 Å². The van der Waals surface area contributed by atoms with Crippen LogP contribution in [0.5, 0.6) is 0 Å². The number of hydrogen-bond donors (Lipinski definition) is 1. The molecule has 4 aromatic rings. The Morgan fingerprint density at radius 3 is 2.64 bits per heavy atom. The first-order valence-corrected chi connectivity index (χ1v) is 14.8. The Hall–Kier alpha value is -4.44. The first-order valence-electron chi connectivity index (χ1n) is 13.9. The molecule has 214 valence electrons. The van der Waals surface area contributed by atoms with Gasteiger partial charge in [-0.25, -0.2) is 14.4 Å². The molecule has 1 saturated carbocycles. The highest BCUT2D eigenvalue weighted by Crippen LogP contribution is 2.40. The van der Waals surface area contributed by atoms with Crippen molar-refractivity contribution in [3.05, 3.63) is 83.1 Å². The van der Waals surface area contributed by atoms with Gasteiger partial charge in [-0.1, -0.05) is 36.4 Å². The van der Waals surface area contributed by atoms with Gasteiger partial charge in [0.2, 0.25) is 11.8 Å². The van der Waals surface area contributed by atoms with Crippen LogP contribution in [0.15, 0.2) is 66.2 Å². The average Bonchev–Trinajstić information content (AvgIpc) is 3.70. The van der Waals surface area contributed by atoms with Crippen molar-refractivity contribution in [1.29, 1.82) is 0 Å². The van der Waals surface area contributed by atoms with Crippen LogP contribution in [0.3, 0.4) is 0 Å². The SMILES string of the molecule is CN1C(=O)CCc2cc(-c3ccc(F)cc3-c3csc(N(C(=O)C(CC(=O)O)Cc4ccccc4)C4CC4)n3)cnc21. The molecule has 0 bridgehead atoms. The predicted octanol–water partition coefficient (Wildman–Crippen LogP) is 5.75. The molecule has 2 aliphatic rings. The van der Waals surface area contributed by atoms with Crippen LogP contribution in [0, 0.1) is 11.7 Å². The maximum atomic E-state index is 14.6. The highest BCUT2D eigenvalue weighted by Gasteiger charge is 2.39. The number of aliphatic carboxylic acids is 1. The molecule has 1 N–H and O–H groups in total. The topological polar surface area (TPSA) is 104 Å². The average molecular weight is 585 g/mol. The van der Waals surface area contributed by atoms with Crippen LogP contribution in [-0.2, 0) is 27.2 Å². The van der Waals surface area contributed by atoms with Gasteiger partial charge in [0.1, 0.15) is 11.6 Å². The van der Waals surface area contributed by atoms with E-state index < -0.39 is 17.7 Å². The Balaban J connectivity index is 1.33. The van der Waals surface area contributed by atoms with Gasteiger partial charge in [0.15, 0.2) is 5.13 Å². The van der Waals surface area contributed by atoms with E-state index in [1.807, 2.05) is 36.4 Å². The number of rotatable bonds is 9. The molecule has 2 aromatic heterocycles. The Bertz CT molecular complexity index is 1670. The molecule has 1 aliphatic carbocycles. The number of thiazole rings is 1. The maximum absolute atomic E-state index is 14.6. The minimum Gasteiger partial charge on any atom is -0.481 e. The number of pyridine rings is 1. The summed E-state index contributed by atoms with van der Waals surface area (Å²) >= 11 is 1.29.